The lowest BCUT2D eigenvalue weighted by molar-refractivity contribution is -0.119. The number of amides is 1. The van der Waals surface area contributed by atoms with Gasteiger partial charge in [0.1, 0.15) is 5.82 Å². The van der Waals surface area contributed by atoms with Crippen LogP contribution in [0.3, 0.4) is 0 Å². The first-order valence-electron chi connectivity index (χ1n) is 11.9. The summed E-state index contributed by atoms with van der Waals surface area (Å²) in [7, 11) is 0. The molecule has 1 amide bonds. The van der Waals surface area contributed by atoms with Crippen LogP contribution in [0.5, 0.6) is 0 Å². The zero-order valence-corrected chi connectivity index (χ0v) is 18.7. The van der Waals surface area contributed by atoms with Crippen LogP contribution in [-0.4, -0.2) is 40.4 Å². The van der Waals surface area contributed by atoms with Gasteiger partial charge in [-0.2, -0.15) is 0 Å². The summed E-state index contributed by atoms with van der Waals surface area (Å²) in [5.74, 6) is 1.65. The van der Waals surface area contributed by atoms with E-state index in [4.69, 9.17) is 4.98 Å². The highest BCUT2D eigenvalue weighted by molar-refractivity contribution is 6.03. The second kappa shape index (κ2) is 8.49. The van der Waals surface area contributed by atoms with Crippen molar-refractivity contribution in [3.05, 3.63) is 89.7 Å². The average Bonchev–Trinajstić information content (AvgIpc) is 3.21. The van der Waals surface area contributed by atoms with Gasteiger partial charge in [0.15, 0.2) is 0 Å². The Kier molecular flexibility index (Phi) is 5.19. The largest absolute Gasteiger partial charge is 0.342 e. The number of H-pyrrole nitrogens is 1. The first kappa shape index (κ1) is 20.2. The molecule has 2 aliphatic heterocycles. The monoisotopic (exact) mass is 436 g/mol. The van der Waals surface area contributed by atoms with Gasteiger partial charge >= 0.3 is 0 Å². The quantitative estimate of drug-likeness (QED) is 0.480. The van der Waals surface area contributed by atoms with Crippen molar-refractivity contribution in [2.75, 3.05) is 24.5 Å². The van der Waals surface area contributed by atoms with Crippen molar-refractivity contribution in [1.82, 2.24) is 14.9 Å². The number of aryl methyl sites for hydroxylation is 2. The molecule has 2 aliphatic rings. The number of carbonyl (C=O) groups excluding carboxylic acids is 1. The van der Waals surface area contributed by atoms with Crippen LogP contribution in [0.1, 0.15) is 35.7 Å². The van der Waals surface area contributed by atoms with Crippen LogP contribution < -0.4 is 4.90 Å². The lowest BCUT2D eigenvalue weighted by atomic mass is 9.96. The number of aromatic amines is 1. The highest BCUT2D eigenvalue weighted by Crippen LogP contribution is 2.36. The molecular formula is C28H28N4O. The molecule has 3 heterocycles. The lowest BCUT2D eigenvalue weighted by Crippen LogP contribution is -2.42. The smallest absolute Gasteiger partial charge is 0.245 e. The Morgan fingerprint density at radius 3 is 2.12 bits per heavy atom. The number of hydrogen-bond donors (Lipinski definition) is 1. The van der Waals surface area contributed by atoms with Gasteiger partial charge in [0, 0.05) is 5.92 Å². The molecule has 4 aromatic rings. The van der Waals surface area contributed by atoms with Crippen LogP contribution in [0.15, 0.2) is 72.8 Å². The van der Waals surface area contributed by atoms with E-state index >= 15 is 0 Å². The molecule has 1 N–H and O–H groups in total. The molecule has 0 atom stereocenters. The van der Waals surface area contributed by atoms with Crippen molar-refractivity contribution in [3.8, 4) is 0 Å². The molecule has 0 bridgehead atoms. The number of carbonyl (C=O) groups is 1. The molecule has 5 heteroatoms. The summed E-state index contributed by atoms with van der Waals surface area (Å²) in [5.41, 5.74) is 6.68. The van der Waals surface area contributed by atoms with Crippen LogP contribution in [0.4, 0.5) is 11.4 Å². The zero-order valence-electron chi connectivity index (χ0n) is 18.7. The molecule has 0 spiro atoms. The Hall–Kier alpha value is -3.44. The summed E-state index contributed by atoms with van der Waals surface area (Å²) >= 11 is 0. The molecular weight excluding hydrogens is 408 g/mol. The number of likely N-dealkylation sites (tertiary alicyclic amines) is 1. The average molecular weight is 437 g/mol. The number of nitrogens with one attached hydrogen (secondary N) is 1. The van der Waals surface area contributed by atoms with Gasteiger partial charge < -0.3 is 4.98 Å². The van der Waals surface area contributed by atoms with Gasteiger partial charge in [0.2, 0.25) is 5.91 Å². The van der Waals surface area contributed by atoms with E-state index in [1.54, 1.807) is 0 Å². The summed E-state index contributed by atoms with van der Waals surface area (Å²) in [4.78, 5) is 26.2. The number of hydrogen-bond acceptors (Lipinski definition) is 3. The number of para-hydroxylation sites is 4. The van der Waals surface area contributed by atoms with Crippen LogP contribution in [-0.2, 0) is 17.6 Å². The van der Waals surface area contributed by atoms with E-state index < -0.39 is 0 Å². The summed E-state index contributed by atoms with van der Waals surface area (Å²) in [5, 5.41) is 0. The first-order valence-corrected chi connectivity index (χ1v) is 11.9. The first-order chi connectivity index (χ1) is 16.3. The third-order valence-corrected chi connectivity index (χ3v) is 7.12. The number of nitrogens with zero attached hydrogens (tertiary/aromatic N) is 3. The van der Waals surface area contributed by atoms with Crippen molar-refractivity contribution < 1.29 is 4.79 Å². The summed E-state index contributed by atoms with van der Waals surface area (Å²) in [6.07, 6.45) is 3.94. The molecule has 5 nitrogen and oxygen atoms in total. The van der Waals surface area contributed by atoms with Gasteiger partial charge in [-0.1, -0.05) is 48.5 Å². The maximum atomic E-state index is 13.7. The topological polar surface area (TPSA) is 52.2 Å². The minimum Gasteiger partial charge on any atom is -0.342 e. The van der Waals surface area contributed by atoms with Gasteiger partial charge in [-0.05, 0) is 74.2 Å². The predicted octanol–water partition coefficient (Wildman–Crippen LogP) is 5.21. The van der Waals surface area contributed by atoms with Crippen molar-refractivity contribution in [3.63, 3.8) is 0 Å². The lowest BCUT2D eigenvalue weighted by Gasteiger charge is -2.33. The Morgan fingerprint density at radius 1 is 0.848 bits per heavy atom. The van der Waals surface area contributed by atoms with Crippen molar-refractivity contribution >= 4 is 28.3 Å². The second-order valence-electron chi connectivity index (χ2n) is 9.18. The third kappa shape index (κ3) is 3.83. The normalized spacial score (nSPS) is 16.9. The van der Waals surface area contributed by atoms with Crippen molar-refractivity contribution in [1.29, 1.82) is 0 Å². The zero-order chi connectivity index (χ0) is 22.2. The van der Waals surface area contributed by atoms with Gasteiger partial charge in [-0.15, -0.1) is 0 Å². The van der Waals surface area contributed by atoms with Gasteiger partial charge in [0.05, 0.1) is 29.0 Å². The molecule has 1 fully saturated rings. The number of rotatable bonds is 3. The Balaban J connectivity index is 1.19. The summed E-state index contributed by atoms with van der Waals surface area (Å²) in [6.45, 7) is 2.25. The van der Waals surface area contributed by atoms with E-state index in [0.717, 1.165) is 67.0 Å². The molecule has 0 aliphatic carbocycles. The third-order valence-electron chi connectivity index (χ3n) is 7.12. The highest BCUT2D eigenvalue weighted by Gasteiger charge is 2.29. The van der Waals surface area contributed by atoms with Crippen LogP contribution >= 0.6 is 0 Å². The fourth-order valence-corrected chi connectivity index (χ4v) is 5.34. The van der Waals surface area contributed by atoms with Crippen molar-refractivity contribution in [2.24, 2.45) is 0 Å². The molecule has 3 aromatic carbocycles. The standard InChI is InChI=1S/C28H28N4O/c33-27(32-25-11-5-1-7-20(25)13-14-21-8-2-6-12-26(21)32)19-31-17-15-22(16-18-31)28-29-23-9-3-4-10-24(23)30-28/h1-12,22H,13-19H2,(H,29,30). The van der Waals surface area contributed by atoms with E-state index in [9.17, 15) is 4.79 Å². The maximum absolute atomic E-state index is 13.7. The Morgan fingerprint density at radius 2 is 1.45 bits per heavy atom. The molecule has 166 valence electrons. The molecule has 1 saturated heterocycles. The number of imidazole rings is 1. The molecule has 0 saturated carbocycles. The molecule has 0 radical (unpaired) electrons. The minimum atomic E-state index is 0.152. The summed E-state index contributed by atoms with van der Waals surface area (Å²) < 4.78 is 0. The number of piperidine rings is 1. The molecule has 0 unspecified atom stereocenters. The van der Waals surface area contributed by atoms with Crippen molar-refractivity contribution in [2.45, 2.75) is 31.6 Å². The van der Waals surface area contributed by atoms with Crippen LogP contribution in [0, 0.1) is 0 Å². The highest BCUT2D eigenvalue weighted by atomic mass is 16.2. The van der Waals surface area contributed by atoms with E-state index in [-0.39, 0.29) is 5.91 Å². The van der Waals surface area contributed by atoms with Crippen LogP contribution in [0.2, 0.25) is 0 Å². The Labute approximate surface area is 194 Å². The number of anilines is 2. The molecule has 33 heavy (non-hydrogen) atoms. The van der Waals surface area contributed by atoms with Gasteiger partial charge in [-0.3, -0.25) is 14.6 Å². The summed E-state index contributed by atoms with van der Waals surface area (Å²) in [6, 6.07) is 24.9. The minimum absolute atomic E-state index is 0.152. The SMILES string of the molecule is O=C(CN1CCC(c2nc3ccccc3[nH]2)CC1)N1c2ccccc2CCc2ccccc21. The van der Waals surface area contributed by atoms with Gasteiger partial charge in [-0.25, -0.2) is 4.98 Å². The second-order valence-corrected chi connectivity index (χ2v) is 9.18. The van der Waals surface area contributed by atoms with Crippen LogP contribution in [0.25, 0.3) is 11.0 Å². The van der Waals surface area contributed by atoms with Gasteiger partial charge in [0.25, 0.3) is 0 Å². The fourth-order valence-electron chi connectivity index (χ4n) is 5.34. The van der Waals surface area contributed by atoms with E-state index in [0.29, 0.717) is 12.5 Å². The van der Waals surface area contributed by atoms with E-state index in [1.807, 2.05) is 29.2 Å². The molecule has 6 rings (SSSR count). The Bertz CT molecular complexity index is 1220. The number of aromatic nitrogens is 2. The number of benzene rings is 3. The molecule has 1 aromatic heterocycles. The number of fused-ring (bicyclic) bond motifs is 3. The van der Waals surface area contributed by atoms with E-state index in [1.165, 1.54) is 11.1 Å². The fraction of sp³-hybridized carbons (Fsp3) is 0.286. The van der Waals surface area contributed by atoms with E-state index in [2.05, 4.69) is 58.4 Å². The maximum Gasteiger partial charge on any atom is 0.245 e. The predicted molar refractivity (Wildman–Crippen MR) is 132 cm³/mol.